The summed E-state index contributed by atoms with van der Waals surface area (Å²) in [6.07, 6.45) is 5.20. The molecule has 0 fully saturated rings. The fourth-order valence-corrected chi connectivity index (χ4v) is 2.12. The van der Waals surface area contributed by atoms with E-state index in [1.807, 2.05) is 42.6 Å². The van der Waals surface area contributed by atoms with Crippen molar-refractivity contribution in [2.45, 2.75) is 0 Å². The summed E-state index contributed by atoms with van der Waals surface area (Å²) in [4.78, 5) is 21.3. The maximum atomic E-state index is 12.5. The van der Waals surface area contributed by atoms with Gasteiger partial charge in [-0.15, -0.1) is 0 Å². The average molecular weight is 251 g/mol. The third kappa shape index (κ3) is 1.97. The topological polar surface area (TPSA) is 49.0 Å². The van der Waals surface area contributed by atoms with Crippen molar-refractivity contribution < 1.29 is 4.79 Å². The highest BCUT2D eigenvalue weighted by Crippen LogP contribution is 2.21. The Kier molecular flexibility index (Phi) is 2.76. The molecule has 19 heavy (non-hydrogen) atoms. The molecule has 2 aromatic heterocycles. The molecule has 0 aliphatic heterocycles. The number of nitrogens with one attached hydrogen (secondary N) is 1. The van der Waals surface area contributed by atoms with E-state index < -0.39 is 0 Å². The first-order valence-corrected chi connectivity index (χ1v) is 6.01. The average Bonchev–Trinajstić information content (AvgIpc) is 2.95. The second-order valence-electron chi connectivity index (χ2n) is 4.32. The van der Waals surface area contributed by atoms with E-state index in [1.54, 1.807) is 24.3 Å². The Morgan fingerprint density at radius 3 is 2.89 bits per heavy atom. The minimum Gasteiger partial charge on any atom is -0.361 e. The van der Waals surface area contributed by atoms with E-state index in [9.17, 15) is 4.79 Å². The van der Waals surface area contributed by atoms with E-state index in [0.29, 0.717) is 5.56 Å². The predicted octanol–water partition coefficient (Wildman–Crippen LogP) is 2.84. The van der Waals surface area contributed by atoms with Crippen LogP contribution in [0.4, 0.5) is 5.69 Å². The molecule has 1 aromatic carbocycles. The van der Waals surface area contributed by atoms with Gasteiger partial charge in [0.25, 0.3) is 5.91 Å². The number of H-pyrrole nitrogens is 1. The van der Waals surface area contributed by atoms with E-state index in [4.69, 9.17) is 0 Å². The molecular formula is C15H13N3O. The maximum absolute atomic E-state index is 12.5. The van der Waals surface area contributed by atoms with Crippen LogP contribution in [0.2, 0.25) is 0 Å². The number of aromatic amines is 1. The first-order valence-electron chi connectivity index (χ1n) is 6.01. The number of rotatable bonds is 2. The van der Waals surface area contributed by atoms with E-state index in [1.165, 1.54) is 0 Å². The quantitative estimate of drug-likeness (QED) is 0.761. The number of hydrogen-bond acceptors (Lipinski definition) is 2. The van der Waals surface area contributed by atoms with Crippen LogP contribution >= 0.6 is 0 Å². The molecule has 2 heterocycles. The monoisotopic (exact) mass is 251 g/mol. The number of carbonyl (C=O) groups is 1. The summed E-state index contributed by atoms with van der Waals surface area (Å²) in [5.74, 6) is -0.0433. The summed E-state index contributed by atoms with van der Waals surface area (Å²) in [7, 11) is 1.75. The molecule has 4 nitrogen and oxygen atoms in total. The lowest BCUT2D eigenvalue weighted by molar-refractivity contribution is 0.0994. The number of nitrogens with zero attached hydrogens (tertiary/aromatic N) is 2. The number of pyridine rings is 1. The molecule has 0 unspecified atom stereocenters. The molecule has 0 bridgehead atoms. The largest absolute Gasteiger partial charge is 0.361 e. The third-order valence-electron chi connectivity index (χ3n) is 3.16. The van der Waals surface area contributed by atoms with Gasteiger partial charge in [-0.05, 0) is 30.3 Å². The van der Waals surface area contributed by atoms with Crippen molar-refractivity contribution in [3.63, 3.8) is 0 Å². The minimum absolute atomic E-state index is 0.0433. The molecular weight excluding hydrogens is 238 g/mol. The van der Waals surface area contributed by atoms with E-state index in [-0.39, 0.29) is 5.91 Å². The van der Waals surface area contributed by atoms with Crippen LogP contribution in [0.15, 0.2) is 55.0 Å². The fourth-order valence-electron chi connectivity index (χ4n) is 2.12. The van der Waals surface area contributed by atoms with Gasteiger partial charge in [0.05, 0.1) is 11.9 Å². The molecule has 3 rings (SSSR count). The predicted molar refractivity (Wildman–Crippen MR) is 75.3 cm³/mol. The van der Waals surface area contributed by atoms with E-state index in [2.05, 4.69) is 9.97 Å². The highest BCUT2D eigenvalue weighted by atomic mass is 16.2. The Morgan fingerprint density at radius 1 is 1.21 bits per heavy atom. The zero-order valence-corrected chi connectivity index (χ0v) is 10.5. The van der Waals surface area contributed by atoms with Gasteiger partial charge in [0.15, 0.2) is 0 Å². The number of carbonyl (C=O) groups excluding carboxylic acids is 1. The van der Waals surface area contributed by atoms with Gasteiger partial charge in [0.1, 0.15) is 0 Å². The fraction of sp³-hybridized carbons (Fsp3) is 0.0667. The molecule has 0 radical (unpaired) electrons. The lowest BCUT2D eigenvalue weighted by atomic mass is 10.1. The van der Waals surface area contributed by atoms with Gasteiger partial charge in [-0.1, -0.05) is 6.07 Å². The molecule has 3 aromatic rings. The van der Waals surface area contributed by atoms with Crippen LogP contribution in [0, 0.1) is 0 Å². The highest BCUT2D eigenvalue weighted by molar-refractivity contribution is 6.13. The number of hydrogen-bond donors (Lipinski definition) is 1. The maximum Gasteiger partial charge on any atom is 0.258 e. The van der Waals surface area contributed by atoms with Gasteiger partial charge >= 0.3 is 0 Å². The molecule has 0 spiro atoms. The van der Waals surface area contributed by atoms with Crippen molar-refractivity contribution in [3.05, 3.63) is 60.6 Å². The second kappa shape index (κ2) is 4.57. The Balaban J connectivity index is 2.02. The van der Waals surface area contributed by atoms with Gasteiger partial charge < -0.3 is 9.88 Å². The molecule has 0 atom stereocenters. The molecule has 1 N–H and O–H groups in total. The molecule has 0 saturated carbocycles. The number of fused-ring (bicyclic) bond motifs is 1. The van der Waals surface area contributed by atoms with Crippen LogP contribution in [-0.4, -0.2) is 22.9 Å². The summed E-state index contributed by atoms with van der Waals surface area (Å²) in [5, 5.41) is 0.934. The number of benzene rings is 1. The van der Waals surface area contributed by atoms with Gasteiger partial charge in [-0.2, -0.15) is 0 Å². The summed E-state index contributed by atoms with van der Waals surface area (Å²) in [6.45, 7) is 0. The highest BCUT2D eigenvalue weighted by Gasteiger charge is 2.16. The van der Waals surface area contributed by atoms with Crippen molar-refractivity contribution >= 4 is 22.5 Å². The minimum atomic E-state index is -0.0433. The van der Waals surface area contributed by atoms with Crippen LogP contribution in [0.5, 0.6) is 0 Å². The van der Waals surface area contributed by atoms with Crippen molar-refractivity contribution in [2.24, 2.45) is 0 Å². The summed E-state index contributed by atoms with van der Waals surface area (Å²) >= 11 is 0. The lowest BCUT2D eigenvalue weighted by Gasteiger charge is -2.17. The molecule has 1 amide bonds. The van der Waals surface area contributed by atoms with Crippen LogP contribution in [0.25, 0.3) is 10.9 Å². The van der Waals surface area contributed by atoms with Crippen LogP contribution in [0.1, 0.15) is 10.4 Å². The van der Waals surface area contributed by atoms with Gasteiger partial charge in [-0.3, -0.25) is 9.78 Å². The second-order valence-corrected chi connectivity index (χ2v) is 4.32. The van der Waals surface area contributed by atoms with Crippen LogP contribution in [0.3, 0.4) is 0 Å². The standard InChI is InChI=1S/C15H13N3O/c1-18(11-4-3-8-16-10-11)15(19)13-5-2-6-14-12(13)7-9-17-14/h2-10,17H,1H3. The third-order valence-corrected chi connectivity index (χ3v) is 3.16. The normalized spacial score (nSPS) is 10.6. The van der Waals surface area contributed by atoms with Crippen LogP contribution < -0.4 is 4.90 Å². The van der Waals surface area contributed by atoms with Crippen LogP contribution in [-0.2, 0) is 0 Å². The van der Waals surface area contributed by atoms with Crippen molar-refractivity contribution in [1.82, 2.24) is 9.97 Å². The molecule has 94 valence electrons. The Hall–Kier alpha value is -2.62. The van der Waals surface area contributed by atoms with Crippen molar-refractivity contribution in [2.75, 3.05) is 11.9 Å². The number of amides is 1. The smallest absolute Gasteiger partial charge is 0.258 e. The Morgan fingerprint density at radius 2 is 2.11 bits per heavy atom. The van der Waals surface area contributed by atoms with E-state index in [0.717, 1.165) is 16.6 Å². The Bertz CT molecular complexity index is 718. The van der Waals surface area contributed by atoms with E-state index >= 15 is 0 Å². The summed E-state index contributed by atoms with van der Waals surface area (Å²) < 4.78 is 0. The first kappa shape index (κ1) is 11.5. The van der Waals surface area contributed by atoms with Gasteiger partial charge in [-0.25, -0.2) is 0 Å². The van der Waals surface area contributed by atoms with Gasteiger partial charge in [0, 0.05) is 35.9 Å². The lowest BCUT2D eigenvalue weighted by Crippen LogP contribution is -2.26. The Labute approximate surface area is 110 Å². The summed E-state index contributed by atoms with van der Waals surface area (Å²) in [6, 6.07) is 11.3. The molecule has 0 aliphatic carbocycles. The van der Waals surface area contributed by atoms with Crippen molar-refractivity contribution in [3.8, 4) is 0 Å². The molecule has 0 aliphatic rings. The zero-order chi connectivity index (χ0) is 13.2. The number of anilines is 1. The zero-order valence-electron chi connectivity index (χ0n) is 10.5. The first-order chi connectivity index (χ1) is 9.27. The molecule has 4 heteroatoms. The SMILES string of the molecule is CN(C(=O)c1cccc2[nH]ccc12)c1cccnc1. The number of aromatic nitrogens is 2. The molecule has 0 saturated heterocycles. The summed E-state index contributed by atoms with van der Waals surface area (Å²) in [5.41, 5.74) is 2.43. The van der Waals surface area contributed by atoms with Gasteiger partial charge in [0.2, 0.25) is 0 Å². The van der Waals surface area contributed by atoms with Crippen molar-refractivity contribution in [1.29, 1.82) is 0 Å².